The number of aromatic hydroxyl groups is 2. The van der Waals surface area contributed by atoms with Crippen molar-refractivity contribution in [3.63, 3.8) is 0 Å². The molecular formula is C19H20N2O5. The molecule has 0 spiro atoms. The van der Waals surface area contributed by atoms with E-state index in [1.807, 2.05) is 0 Å². The maximum absolute atomic E-state index is 12.3. The number of nitro benzene ring substituents is 1. The minimum Gasteiger partial charge on any atom is -0.508 e. The smallest absolute Gasteiger partial charge is 0.269 e. The van der Waals surface area contributed by atoms with Crippen molar-refractivity contribution in [3.8, 4) is 11.5 Å². The van der Waals surface area contributed by atoms with Crippen LogP contribution in [0.5, 0.6) is 11.5 Å². The lowest BCUT2D eigenvalue weighted by Crippen LogP contribution is -2.37. The van der Waals surface area contributed by atoms with Gasteiger partial charge in [0.2, 0.25) is 0 Å². The highest BCUT2D eigenvalue weighted by Gasteiger charge is 2.25. The van der Waals surface area contributed by atoms with Gasteiger partial charge in [0, 0.05) is 29.8 Å². The summed E-state index contributed by atoms with van der Waals surface area (Å²) in [6, 6.07) is 10.2. The second kappa shape index (κ2) is 7.43. The average molecular weight is 356 g/mol. The van der Waals surface area contributed by atoms with Gasteiger partial charge < -0.3 is 15.5 Å². The summed E-state index contributed by atoms with van der Waals surface area (Å²) in [7, 11) is 0. The Morgan fingerprint density at radius 2 is 1.69 bits per heavy atom. The van der Waals surface area contributed by atoms with Crippen molar-refractivity contribution in [1.29, 1.82) is 0 Å². The first-order chi connectivity index (χ1) is 12.4. The zero-order valence-electron chi connectivity index (χ0n) is 14.1. The van der Waals surface area contributed by atoms with Crippen molar-refractivity contribution in [2.45, 2.75) is 37.6 Å². The Morgan fingerprint density at radius 1 is 1.04 bits per heavy atom. The number of non-ortho nitro benzene ring substituents is 1. The summed E-state index contributed by atoms with van der Waals surface area (Å²) in [4.78, 5) is 22.5. The van der Waals surface area contributed by atoms with Gasteiger partial charge in [-0.15, -0.1) is 0 Å². The Kier molecular flexibility index (Phi) is 5.06. The summed E-state index contributed by atoms with van der Waals surface area (Å²) < 4.78 is 0. The van der Waals surface area contributed by atoms with E-state index in [0.29, 0.717) is 5.56 Å². The number of amides is 1. The van der Waals surface area contributed by atoms with Gasteiger partial charge in [0.25, 0.3) is 11.6 Å². The van der Waals surface area contributed by atoms with Gasteiger partial charge in [-0.25, -0.2) is 0 Å². The van der Waals surface area contributed by atoms with Gasteiger partial charge in [-0.1, -0.05) is 6.07 Å². The Labute approximate surface area is 150 Å². The lowest BCUT2D eigenvalue weighted by atomic mass is 9.81. The summed E-state index contributed by atoms with van der Waals surface area (Å²) in [6.07, 6.45) is 3.21. The fourth-order valence-corrected chi connectivity index (χ4v) is 3.43. The largest absolute Gasteiger partial charge is 0.508 e. The van der Waals surface area contributed by atoms with E-state index in [0.717, 1.165) is 31.2 Å². The van der Waals surface area contributed by atoms with Crippen molar-refractivity contribution >= 4 is 11.6 Å². The van der Waals surface area contributed by atoms with E-state index < -0.39 is 4.92 Å². The van der Waals surface area contributed by atoms with Crippen molar-refractivity contribution in [2.24, 2.45) is 0 Å². The van der Waals surface area contributed by atoms with Crippen LogP contribution >= 0.6 is 0 Å². The van der Waals surface area contributed by atoms with Gasteiger partial charge in [-0.05, 0) is 55.4 Å². The van der Waals surface area contributed by atoms with E-state index >= 15 is 0 Å². The maximum Gasteiger partial charge on any atom is 0.269 e. The van der Waals surface area contributed by atoms with E-state index in [-0.39, 0.29) is 35.1 Å². The third-order valence-corrected chi connectivity index (χ3v) is 4.86. The number of phenols is 2. The Hall–Kier alpha value is -3.09. The van der Waals surface area contributed by atoms with Crippen LogP contribution in [0.3, 0.4) is 0 Å². The van der Waals surface area contributed by atoms with Crippen molar-refractivity contribution in [1.82, 2.24) is 5.32 Å². The number of rotatable bonds is 4. The molecule has 7 nitrogen and oxygen atoms in total. The number of nitro groups is 1. The van der Waals surface area contributed by atoms with Crippen LogP contribution < -0.4 is 5.32 Å². The van der Waals surface area contributed by atoms with Gasteiger partial charge in [0.05, 0.1) is 4.92 Å². The second-order valence-corrected chi connectivity index (χ2v) is 6.57. The molecule has 7 heteroatoms. The number of benzene rings is 2. The molecule has 26 heavy (non-hydrogen) atoms. The highest BCUT2D eigenvalue weighted by Crippen LogP contribution is 2.38. The van der Waals surface area contributed by atoms with Gasteiger partial charge in [-0.2, -0.15) is 0 Å². The number of carbonyl (C=O) groups excluding carboxylic acids is 1. The fourth-order valence-electron chi connectivity index (χ4n) is 3.43. The molecule has 0 bridgehead atoms. The fraction of sp³-hybridized carbons (Fsp3) is 0.316. The topological polar surface area (TPSA) is 113 Å². The first-order valence-corrected chi connectivity index (χ1v) is 8.51. The molecule has 0 aromatic heterocycles. The summed E-state index contributed by atoms with van der Waals surface area (Å²) >= 11 is 0. The summed E-state index contributed by atoms with van der Waals surface area (Å²) in [6.45, 7) is 0. The standard InChI is InChI=1S/C19H20N2O5/c22-16-9-10-17(18(23)11-16)12-1-5-14(6-2-12)20-19(24)13-3-7-15(8-4-13)21(25)26/h3-4,7-12,14,22-23H,1-2,5-6H2,(H,20,24). The number of hydrogen-bond donors (Lipinski definition) is 3. The van der Waals surface area contributed by atoms with Crippen LogP contribution in [-0.4, -0.2) is 27.1 Å². The first-order valence-electron chi connectivity index (χ1n) is 8.51. The van der Waals surface area contributed by atoms with Crippen LogP contribution in [0.15, 0.2) is 42.5 Å². The molecule has 3 N–H and O–H groups in total. The molecule has 0 atom stereocenters. The number of hydrogen-bond acceptors (Lipinski definition) is 5. The lowest BCUT2D eigenvalue weighted by Gasteiger charge is -2.29. The third kappa shape index (κ3) is 3.93. The number of nitrogens with one attached hydrogen (secondary N) is 1. The monoisotopic (exact) mass is 356 g/mol. The zero-order chi connectivity index (χ0) is 18.7. The molecule has 1 aliphatic carbocycles. The van der Waals surface area contributed by atoms with Gasteiger partial charge >= 0.3 is 0 Å². The molecule has 1 fully saturated rings. The highest BCUT2D eigenvalue weighted by molar-refractivity contribution is 5.94. The Morgan fingerprint density at radius 3 is 2.27 bits per heavy atom. The molecule has 0 unspecified atom stereocenters. The quantitative estimate of drug-likeness (QED) is 0.573. The average Bonchev–Trinajstić information content (AvgIpc) is 2.63. The van der Waals surface area contributed by atoms with Gasteiger partial charge in [-0.3, -0.25) is 14.9 Å². The molecule has 0 heterocycles. The molecular weight excluding hydrogens is 336 g/mol. The van der Waals surface area contributed by atoms with Crippen LogP contribution in [0, 0.1) is 10.1 Å². The Balaban J connectivity index is 1.56. The minimum atomic E-state index is -0.498. The van der Waals surface area contributed by atoms with E-state index in [9.17, 15) is 25.1 Å². The van der Waals surface area contributed by atoms with Crippen LogP contribution in [0.2, 0.25) is 0 Å². The van der Waals surface area contributed by atoms with E-state index in [4.69, 9.17) is 0 Å². The predicted molar refractivity (Wildman–Crippen MR) is 95.3 cm³/mol. The molecule has 1 aliphatic rings. The van der Waals surface area contributed by atoms with Crippen LogP contribution in [-0.2, 0) is 0 Å². The maximum atomic E-state index is 12.3. The summed E-state index contributed by atoms with van der Waals surface area (Å²) in [5.41, 5.74) is 1.17. The molecule has 2 aromatic carbocycles. The van der Waals surface area contributed by atoms with E-state index in [1.165, 1.54) is 30.3 Å². The van der Waals surface area contributed by atoms with E-state index in [2.05, 4.69) is 5.32 Å². The second-order valence-electron chi connectivity index (χ2n) is 6.57. The zero-order valence-corrected chi connectivity index (χ0v) is 14.1. The first kappa shape index (κ1) is 17.7. The highest BCUT2D eigenvalue weighted by atomic mass is 16.6. The normalized spacial score (nSPS) is 19.7. The molecule has 3 rings (SSSR count). The van der Waals surface area contributed by atoms with Crippen molar-refractivity contribution in [3.05, 3.63) is 63.7 Å². The van der Waals surface area contributed by atoms with Crippen LogP contribution in [0.1, 0.15) is 47.5 Å². The number of carbonyl (C=O) groups is 1. The van der Waals surface area contributed by atoms with Gasteiger partial charge in [0.15, 0.2) is 0 Å². The molecule has 136 valence electrons. The van der Waals surface area contributed by atoms with Crippen LogP contribution in [0.4, 0.5) is 5.69 Å². The molecule has 1 saturated carbocycles. The molecule has 0 radical (unpaired) electrons. The van der Waals surface area contributed by atoms with Crippen molar-refractivity contribution in [2.75, 3.05) is 0 Å². The van der Waals surface area contributed by atoms with E-state index in [1.54, 1.807) is 12.1 Å². The van der Waals surface area contributed by atoms with Crippen LogP contribution in [0.25, 0.3) is 0 Å². The summed E-state index contributed by atoms with van der Waals surface area (Å²) in [5.74, 6) is 0.0950. The molecule has 2 aromatic rings. The SMILES string of the molecule is O=C(NC1CCC(c2ccc(O)cc2O)CC1)c1ccc([N+](=O)[O-])cc1. The van der Waals surface area contributed by atoms with Gasteiger partial charge in [0.1, 0.15) is 11.5 Å². The molecule has 0 saturated heterocycles. The molecule has 0 aliphatic heterocycles. The summed E-state index contributed by atoms with van der Waals surface area (Å²) in [5, 5.41) is 33.0. The molecule has 1 amide bonds. The number of phenolic OH excluding ortho intramolecular Hbond substituents is 2. The van der Waals surface area contributed by atoms with Crippen molar-refractivity contribution < 1.29 is 19.9 Å². The predicted octanol–water partition coefficient (Wildman–Crippen LogP) is 3.46. The number of nitrogens with zero attached hydrogens (tertiary/aromatic N) is 1. The Bertz CT molecular complexity index is 811. The minimum absolute atomic E-state index is 0.0354. The third-order valence-electron chi connectivity index (χ3n) is 4.86. The lowest BCUT2D eigenvalue weighted by molar-refractivity contribution is -0.384.